The van der Waals surface area contributed by atoms with Gasteiger partial charge >= 0.3 is 5.97 Å². The lowest BCUT2D eigenvalue weighted by molar-refractivity contribution is -0.137. The minimum atomic E-state index is -0.357. The fraction of sp³-hybridized carbons (Fsp3) is 0.238. The molecule has 0 heterocycles. The monoisotopic (exact) mass is 352 g/mol. The van der Waals surface area contributed by atoms with Crippen molar-refractivity contribution in [2.75, 3.05) is 25.6 Å². The van der Waals surface area contributed by atoms with Gasteiger partial charge in [0.05, 0.1) is 6.61 Å². The fourth-order valence-corrected chi connectivity index (χ4v) is 2.30. The van der Waals surface area contributed by atoms with E-state index in [0.29, 0.717) is 18.7 Å². The van der Waals surface area contributed by atoms with Gasteiger partial charge in [-0.1, -0.05) is 24.3 Å². The summed E-state index contributed by atoms with van der Waals surface area (Å²) in [7, 11) is 3.92. The molecule has 26 heavy (non-hydrogen) atoms. The van der Waals surface area contributed by atoms with Gasteiger partial charge in [0.15, 0.2) is 0 Å². The Morgan fingerprint density at radius 3 is 2.27 bits per heavy atom. The van der Waals surface area contributed by atoms with Crippen molar-refractivity contribution in [1.29, 1.82) is 0 Å². The predicted molar refractivity (Wildman–Crippen MR) is 104 cm³/mol. The highest BCUT2D eigenvalue weighted by Crippen LogP contribution is 2.12. The second-order valence-corrected chi connectivity index (χ2v) is 5.95. The van der Waals surface area contributed by atoms with E-state index >= 15 is 0 Å². The third-order valence-corrected chi connectivity index (χ3v) is 3.78. The van der Waals surface area contributed by atoms with E-state index in [2.05, 4.69) is 5.32 Å². The summed E-state index contributed by atoms with van der Waals surface area (Å²) >= 11 is 0. The molecule has 0 spiro atoms. The third kappa shape index (κ3) is 5.77. The van der Waals surface area contributed by atoms with Crippen LogP contribution in [0, 0.1) is 0 Å². The Kier molecular flexibility index (Phi) is 6.97. The second-order valence-electron chi connectivity index (χ2n) is 5.95. The van der Waals surface area contributed by atoms with Crippen molar-refractivity contribution in [2.45, 2.75) is 13.5 Å². The molecule has 2 aromatic rings. The Balaban J connectivity index is 1.89. The molecule has 0 atom stereocenters. The van der Waals surface area contributed by atoms with Gasteiger partial charge in [-0.25, -0.2) is 4.79 Å². The highest BCUT2D eigenvalue weighted by Gasteiger charge is 2.05. The average molecular weight is 352 g/mol. The summed E-state index contributed by atoms with van der Waals surface area (Å²) in [5.74, 6) is -0.467. The minimum Gasteiger partial charge on any atom is -0.463 e. The summed E-state index contributed by atoms with van der Waals surface area (Å²) < 4.78 is 4.84. The minimum absolute atomic E-state index is 0.110. The van der Waals surface area contributed by atoms with Crippen molar-refractivity contribution in [3.8, 4) is 0 Å². The normalized spacial score (nSPS) is 10.6. The molecule has 0 radical (unpaired) electrons. The highest BCUT2D eigenvalue weighted by molar-refractivity contribution is 5.94. The summed E-state index contributed by atoms with van der Waals surface area (Å²) in [6.07, 6.45) is 3.10. The molecule has 136 valence electrons. The van der Waals surface area contributed by atoms with Crippen molar-refractivity contribution in [3.63, 3.8) is 0 Å². The van der Waals surface area contributed by atoms with Crippen molar-refractivity contribution >= 4 is 23.6 Å². The number of hydrogen-bond acceptors (Lipinski definition) is 4. The van der Waals surface area contributed by atoms with Crippen LogP contribution in [-0.4, -0.2) is 32.6 Å². The molecule has 0 unspecified atom stereocenters. The van der Waals surface area contributed by atoms with Gasteiger partial charge in [0.25, 0.3) is 5.91 Å². The van der Waals surface area contributed by atoms with Gasteiger partial charge < -0.3 is 15.0 Å². The van der Waals surface area contributed by atoms with Crippen LogP contribution in [0.5, 0.6) is 0 Å². The van der Waals surface area contributed by atoms with E-state index in [9.17, 15) is 9.59 Å². The molecule has 2 aromatic carbocycles. The van der Waals surface area contributed by atoms with E-state index in [1.54, 1.807) is 13.0 Å². The lowest BCUT2D eigenvalue weighted by Crippen LogP contribution is -2.22. The lowest BCUT2D eigenvalue weighted by atomic mass is 10.1. The molecule has 0 aliphatic carbocycles. The van der Waals surface area contributed by atoms with Crippen LogP contribution in [0.4, 0.5) is 5.69 Å². The van der Waals surface area contributed by atoms with Gasteiger partial charge in [0, 0.05) is 38.0 Å². The maximum atomic E-state index is 12.2. The van der Waals surface area contributed by atoms with E-state index in [0.717, 1.165) is 16.8 Å². The second kappa shape index (κ2) is 9.42. The summed E-state index contributed by atoms with van der Waals surface area (Å²) in [5, 5.41) is 2.91. The van der Waals surface area contributed by atoms with Crippen molar-refractivity contribution in [2.24, 2.45) is 0 Å². The van der Waals surface area contributed by atoms with E-state index < -0.39 is 0 Å². The Labute approximate surface area is 154 Å². The summed E-state index contributed by atoms with van der Waals surface area (Å²) in [6, 6.07) is 15.1. The maximum Gasteiger partial charge on any atom is 0.330 e. The van der Waals surface area contributed by atoms with Gasteiger partial charge in [-0.3, -0.25) is 4.79 Å². The van der Waals surface area contributed by atoms with Crippen LogP contribution in [0.25, 0.3) is 6.08 Å². The molecule has 0 saturated carbocycles. The molecule has 0 aliphatic rings. The first kappa shape index (κ1) is 19.2. The lowest BCUT2D eigenvalue weighted by Gasteiger charge is -2.12. The van der Waals surface area contributed by atoms with Crippen molar-refractivity contribution < 1.29 is 14.3 Å². The number of ether oxygens (including phenoxy) is 1. The molecule has 5 heteroatoms. The molecule has 0 saturated heterocycles. The first-order valence-electron chi connectivity index (χ1n) is 8.49. The Morgan fingerprint density at radius 1 is 1.04 bits per heavy atom. The molecule has 0 fully saturated rings. The van der Waals surface area contributed by atoms with Crippen LogP contribution < -0.4 is 10.2 Å². The summed E-state index contributed by atoms with van der Waals surface area (Å²) in [5.41, 5.74) is 3.56. The first-order valence-corrected chi connectivity index (χ1v) is 8.49. The average Bonchev–Trinajstić information content (AvgIpc) is 2.65. The number of esters is 1. The maximum absolute atomic E-state index is 12.2. The zero-order chi connectivity index (χ0) is 18.9. The molecular weight excluding hydrogens is 328 g/mol. The largest absolute Gasteiger partial charge is 0.463 e. The number of hydrogen-bond donors (Lipinski definition) is 1. The number of nitrogens with one attached hydrogen (secondary N) is 1. The number of anilines is 1. The predicted octanol–water partition coefficient (Wildman–Crippen LogP) is 3.26. The van der Waals surface area contributed by atoms with E-state index in [1.165, 1.54) is 6.08 Å². The highest BCUT2D eigenvalue weighted by atomic mass is 16.5. The third-order valence-electron chi connectivity index (χ3n) is 3.78. The molecule has 0 aliphatic heterocycles. The summed E-state index contributed by atoms with van der Waals surface area (Å²) in [6.45, 7) is 2.57. The molecule has 5 nitrogen and oxygen atoms in total. The van der Waals surface area contributed by atoms with Crippen LogP contribution in [0.3, 0.4) is 0 Å². The van der Waals surface area contributed by atoms with E-state index in [4.69, 9.17) is 4.74 Å². The van der Waals surface area contributed by atoms with Gasteiger partial charge in [-0.2, -0.15) is 0 Å². The first-order chi connectivity index (χ1) is 12.5. The molecule has 2 rings (SSSR count). The van der Waals surface area contributed by atoms with Gasteiger partial charge in [-0.05, 0) is 48.4 Å². The van der Waals surface area contributed by atoms with E-state index in [1.807, 2.05) is 67.5 Å². The zero-order valence-electron chi connectivity index (χ0n) is 15.4. The molecule has 0 bridgehead atoms. The van der Waals surface area contributed by atoms with Crippen molar-refractivity contribution in [3.05, 3.63) is 71.3 Å². The number of carbonyl (C=O) groups excluding carboxylic acids is 2. The molecule has 1 N–H and O–H groups in total. The van der Waals surface area contributed by atoms with Crippen LogP contribution >= 0.6 is 0 Å². The molecule has 0 aromatic heterocycles. The molecule has 1 amide bonds. The fourth-order valence-electron chi connectivity index (χ4n) is 2.30. The topological polar surface area (TPSA) is 58.6 Å². The van der Waals surface area contributed by atoms with Gasteiger partial charge in [-0.15, -0.1) is 0 Å². The van der Waals surface area contributed by atoms with Crippen LogP contribution in [-0.2, 0) is 16.1 Å². The number of carbonyl (C=O) groups is 2. The van der Waals surface area contributed by atoms with Crippen LogP contribution in [0.15, 0.2) is 54.6 Å². The number of rotatable bonds is 7. The SMILES string of the molecule is CCOC(=O)C=Cc1ccc(CNC(=O)c2ccc(N(C)C)cc2)cc1. The number of benzene rings is 2. The van der Waals surface area contributed by atoms with E-state index in [-0.39, 0.29) is 11.9 Å². The number of amides is 1. The molecular formula is C21H24N2O3. The van der Waals surface area contributed by atoms with Crippen LogP contribution in [0.1, 0.15) is 28.4 Å². The Morgan fingerprint density at radius 2 is 1.69 bits per heavy atom. The Hall–Kier alpha value is -3.08. The van der Waals surface area contributed by atoms with Crippen LogP contribution in [0.2, 0.25) is 0 Å². The smallest absolute Gasteiger partial charge is 0.330 e. The van der Waals surface area contributed by atoms with Gasteiger partial charge in [0.2, 0.25) is 0 Å². The quantitative estimate of drug-likeness (QED) is 0.614. The Bertz CT molecular complexity index is 763. The van der Waals surface area contributed by atoms with Crippen molar-refractivity contribution in [1.82, 2.24) is 5.32 Å². The number of nitrogens with zero attached hydrogens (tertiary/aromatic N) is 1. The van der Waals surface area contributed by atoms with Gasteiger partial charge in [0.1, 0.15) is 0 Å². The summed E-state index contributed by atoms with van der Waals surface area (Å²) in [4.78, 5) is 25.5. The zero-order valence-corrected chi connectivity index (χ0v) is 15.4. The standard InChI is InChI=1S/C21H24N2O3/c1-4-26-20(24)14-9-16-5-7-17(8-6-16)15-22-21(25)18-10-12-19(13-11-18)23(2)3/h5-14H,4,15H2,1-3H3,(H,22,25).